The highest BCUT2D eigenvalue weighted by atomic mass is 19.4. The van der Waals surface area contributed by atoms with Gasteiger partial charge >= 0.3 is 6.36 Å². The highest BCUT2D eigenvalue weighted by Gasteiger charge is 2.33. The van der Waals surface area contributed by atoms with Gasteiger partial charge in [-0.15, -0.1) is 13.2 Å². The molecule has 0 atom stereocenters. The fourth-order valence-electron chi connectivity index (χ4n) is 1.71. The van der Waals surface area contributed by atoms with Gasteiger partial charge in [-0.1, -0.05) is 30.3 Å². The summed E-state index contributed by atoms with van der Waals surface area (Å²) < 4.78 is 65.7. The first kappa shape index (κ1) is 12.6. The number of benzene rings is 2. The second-order valence-electron chi connectivity index (χ2n) is 3.55. The van der Waals surface area contributed by atoms with Crippen LogP contribution in [0.3, 0.4) is 0 Å². The lowest BCUT2D eigenvalue weighted by Gasteiger charge is -2.14. The van der Waals surface area contributed by atoms with Gasteiger partial charge in [0, 0.05) is 0 Å². The van der Waals surface area contributed by atoms with Crippen LogP contribution in [-0.4, -0.2) is 6.36 Å². The SMILES string of the molecule is FC(F)c1c(OC(F)(F)F)ccc2ccccc12. The third kappa shape index (κ3) is 2.52. The van der Waals surface area contributed by atoms with Crippen molar-refractivity contribution in [2.75, 3.05) is 0 Å². The Balaban J connectivity index is 2.63. The van der Waals surface area contributed by atoms with Crippen LogP contribution in [-0.2, 0) is 0 Å². The van der Waals surface area contributed by atoms with Crippen molar-refractivity contribution in [3.8, 4) is 5.75 Å². The summed E-state index contributed by atoms with van der Waals surface area (Å²) in [6.45, 7) is 0. The molecule has 0 aliphatic heterocycles. The Labute approximate surface area is 98.8 Å². The molecule has 0 amide bonds. The van der Waals surface area contributed by atoms with Gasteiger partial charge in [0.2, 0.25) is 0 Å². The van der Waals surface area contributed by atoms with E-state index in [2.05, 4.69) is 4.74 Å². The van der Waals surface area contributed by atoms with Crippen LogP contribution < -0.4 is 4.74 Å². The number of alkyl halides is 5. The van der Waals surface area contributed by atoms with E-state index in [0.29, 0.717) is 5.39 Å². The molecule has 0 spiro atoms. The molecule has 18 heavy (non-hydrogen) atoms. The first-order chi connectivity index (χ1) is 8.38. The largest absolute Gasteiger partial charge is 0.573 e. The molecular formula is C12H7F5O. The number of hydrogen-bond acceptors (Lipinski definition) is 1. The van der Waals surface area contributed by atoms with E-state index >= 15 is 0 Å². The summed E-state index contributed by atoms with van der Waals surface area (Å²) in [6.07, 6.45) is -8.04. The van der Waals surface area contributed by atoms with Crippen molar-refractivity contribution in [2.45, 2.75) is 12.8 Å². The lowest BCUT2D eigenvalue weighted by atomic mass is 10.0. The average Bonchev–Trinajstić information content (AvgIpc) is 2.26. The molecule has 2 rings (SSSR count). The quantitative estimate of drug-likeness (QED) is 0.714. The Hall–Kier alpha value is -1.85. The summed E-state index contributed by atoms with van der Waals surface area (Å²) in [5.74, 6) is -0.865. The van der Waals surface area contributed by atoms with Gasteiger partial charge in [-0.3, -0.25) is 0 Å². The van der Waals surface area contributed by atoms with E-state index in [1.165, 1.54) is 18.2 Å². The van der Waals surface area contributed by atoms with E-state index in [-0.39, 0.29) is 5.39 Å². The van der Waals surface area contributed by atoms with E-state index in [1.807, 2.05) is 0 Å². The molecule has 2 aromatic rings. The Morgan fingerprint density at radius 1 is 0.944 bits per heavy atom. The van der Waals surface area contributed by atoms with Crippen molar-refractivity contribution in [3.63, 3.8) is 0 Å². The Morgan fingerprint density at radius 2 is 1.61 bits per heavy atom. The molecule has 2 aromatic carbocycles. The second kappa shape index (κ2) is 4.44. The van der Waals surface area contributed by atoms with Crippen LogP contribution in [0, 0.1) is 0 Å². The maximum absolute atomic E-state index is 12.9. The smallest absolute Gasteiger partial charge is 0.405 e. The minimum Gasteiger partial charge on any atom is -0.405 e. The van der Waals surface area contributed by atoms with Crippen LogP contribution in [0.15, 0.2) is 36.4 Å². The molecule has 0 unspecified atom stereocenters. The van der Waals surface area contributed by atoms with Crippen LogP contribution in [0.1, 0.15) is 12.0 Å². The van der Waals surface area contributed by atoms with Gasteiger partial charge in [-0.2, -0.15) is 0 Å². The van der Waals surface area contributed by atoms with Crippen LogP contribution in [0.2, 0.25) is 0 Å². The molecule has 0 aliphatic rings. The van der Waals surface area contributed by atoms with Crippen molar-refractivity contribution >= 4 is 10.8 Å². The van der Waals surface area contributed by atoms with Crippen LogP contribution >= 0.6 is 0 Å². The molecule has 0 saturated carbocycles. The van der Waals surface area contributed by atoms with Crippen molar-refractivity contribution in [2.24, 2.45) is 0 Å². The van der Waals surface area contributed by atoms with Crippen molar-refractivity contribution < 1.29 is 26.7 Å². The zero-order valence-corrected chi connectivity index (χ0v) is 8.84. The van der Waals surface area contributed by atoms with Crippen LogP contribution in [0.25, 0.3) is 10.8 Å². The first-order valence-corrected chi connectivity index (χ1v) is 4.94. The van der Waals surface area contributed by atoms with Crippen LogP contribution in [0.4, 0.5) is 22.0 Å². The lowest BCUT2D eigenvalue weighted by molar-refractivity contribution is -0.275. The number of fused-ring (bicyclic) bond motifs is 1. The molecule has 0 N–H and O–H groups in total. The van der Waals surface area contributed by atoms with Crippen molar-refractivity contribution in [3.05, 3.63) is 42.0 Å². The lowest BCUT2D eigenvalue weighted by Crippen LogP contribution is -2.18. The molecule has 6 heteroatoms. The van der Waals surface area contributed by atoms with Crippen LogP contribution in [0.5, 0.6) is 5.75 Å². The third-order valence-corrected chi connectivity index (χ3v) is 2.37. The van der Waals surface area contributed by atoms with Gasteiger partial charge in [0.15, 0.2) is 0 Å². The average molecular weight is 262 g/mol. The van der Waals surface area contributed by atoms with Gasteiger partial charge in [0.25, 0.3) is 6.43 Å². The van der Waals surface area contributed by atoms with E-state index < -0.39 is 24.1 Å². The van der Waals surface area contributed by atoms with Gasteiger partial charge in [-0.25, -0.2) is 8.78 Å². The Bertz CT molecular complexity index is 562. The summed E-state index contributed by atoms with van der Waals surface area (Å²) in [6, 6.07) is 8.17. The molecule has 0 heterocycles. The van der Waals surface area contributed by atoms with E-state index in [0.717, 1.165) is 6.07 Å². The van der Waals surface area contributed by atoms with E-state index in [9.17, 15) is 22.0 Å². The van der Waals surface area contributed by atoms with Gasteiger partial charge in [0.05, 0.1) is 5.56 Å². The summed E-state index contributed by atoms with van der Waals surface area (Å²) in [4.78, 5) is 0. The summed E-state index contributed by atoms with van der Waals surface area (Å²) in [5.41, 5.74) is -0.745. The van der Waals surface area contributed by atoms with Gasteiger partial charge in [0.1, 0.15) is 5.75 Å². The Morgan fingerprint density at radius 3 is 2.22 bits per heavy atom. The number of rotatable bonds is 2. The molecule has 0 saturated heterocycles. The maximum Gasteiger partial charge on any atom is 0.573 e. The molecule has 96 valence electrons. The fourth-order valence-corrected chi connectivity index (χ4v) is 1.71. The van der Waals surface area contributed by atoms with E-state index in [4.69, 9.17) is 0 Å². The van der Waals surface area contributed by atoms with Gasteiger partial charge in [-0.05, 0) is 16.8 Å². The molecule has 0 radical (unpaired) electrons. The molecule has 0 aliphatic carbocycles. The molecule has 0 aromatic heterocycles. The molecular weight excluding hydrogens is 255 g/mol. The highest BCUT2D eigenvalue weighted by Crippen LogP contribution is 2.38. The zero-order chi connectivity index (χ0) is 13.3. The Kier molecular flexibility index (Phi) is 3.11. The van der Waals surface area contributed by atoms with E-state index in [1.54, 1.807) is 12.1 Å². The fraction of sp³-hybridized carbons (Fsp3) is 0.167. The normalized spacial score (nSPS) is 12.1. The minimum absolute atomic E-state index is 0.0502. The maximum atomic E-state index is 12.9. The second-order valence-corrected chi connectivity index (χ2v) is 3.55. The number of hydrogen-bond donors (Lipinski definition) is 0. The molecule has 1 nitrogen and oxygen atoms in total. The summed E-state index contributed by atoms with van der Waals surface area (Å²) in [7, 11) is 0. The highest BCUT2D eigenvalue weighted by molar-refractivity contribution is 5.88. The summed E-state index contributed by atoms with van der Waals surface area (Å²) in [5, 5.41) is 0.483. The van der Waals surface area contributed by atoms with Crippen molar-refractivity contribution in [1.29, 1.82) is 0 Å². The molecule has 0 bridgehead atoms. The topological polar surface area (TPSA) is 9.23 Å². The molecule has 0 fully saturated rings. The standard InChI is InChI=1S/C12H7F5O/c13-11(14)10-8-4-2-1-3-7(8)5-6-9(10)18-12(15,16)17/h1-6,11H. The number of ether oxygens (including phenoxy) is 1. The minimum atomic E-state index is -4.99. The predicted molar refractivity (Wildman–Crippen MR) is 55.6 cm³/mol. The summed E-state index contributed by atoms with van der Waals surface area (Å²) >= 11 is 0. The number of halogens is 5. The zero-order valence-electron chi connectivity index (χ0n) is 8.84. The third-order valence-electron chi connectivity index (χ3n) is 2.37. The monoisotopic (exact) mass is 262 g/mol. The first-order valence-electron chi connectivity index (χ1n) is 4.94. The predicted octanol–water partition coefficient (Wildman–Crippen LogP) is 4.68. The van der Waals surface area contributed by atoms with Crippen molar-refractivity contribution in [1.82, 2.24) is 0 Å². The van der Waals surface area contributed by atoms with Gasteiger partial charge < -0.3 is 4.74 Å².